The van der Waals surface area contributed by atoms with Crippen LogP contribution >= 0.6 is 15.6 Å². The van der Waals surface area contributed by atoms with Crippen molar-refractivity contribution in [3.8, 4) is 0 Å². The molecule has 0 amide bonds. The largest absolute Gasteiger partial charge is 0.472 e. The van der Waals surface area contributed by atoms with Gasteiger partial charge in [-0.15, -0.1) is 0 Å². The maximum Gasteiger partial charge on any atom is 0.472 e. The van der Waals surface area contributed by atoms with Crippen molar-refractivity contribution in [2.24, 2.45) is 0 Å². The number of phosphoric acid groups is 2. The van der Waals surface area contributed by atoms with Gasteiger partial charge >= 0.3 is 33.6 Å². The fourth-order valence-corrected chi connectivity index (χ4v) is 13.0. The average Bonchev–Trinajstić information content (AvgIpc) is 0.957. The number of carbonyl (C=O) groups is 3. The van der Waals surface area contributed by atoms with E-state index in [2.05, 4.69) is 154 Å². The van der Waals surface area contributed by atoms with Crippen LogP contribution in [0.5, 0.6) is 0 Å². The Labute approximate surface area is 652 Å². The lowest BCUT2D eigenvalue weighted by Gasteiger charge is -2.21. The standard InChI is InChI=1S/C89H154O16P2/c1-4-7-10-13-16-19-22-25-28-31-33-35-37-39-41-43-45-47-49-52-54-57-60-63-66-69-72-75-87(92)99-78-84(90)79-101-106(95,96)102-80-85(91)81-103-107(97,98)104-83-86(105-89(94)77-74-71-68-65-62-59-56-51-30-27-24-21-18-15-12-9-6-3)82-100-88(93)76-73-70-67-64-61-58-55-53-50-48-46-44-42-40-38-36-34-32-29-26-23-20-17-14-11-8-5-2/h9,12,16-21,25-30,33-36,39-42,84-86,90-91H,4-8,10-11,13-15,22-24,31-32,37-38,43-83H2,1-3H3,(H,95,96)(H,97,98)/b12-9-,19-16-,20-17-,21-18-,28-25-,29-26-,30-27-,35-33-,36-34-,41-39-,42-40-. The van der Waals surface area contributed by atoms with Crippen molar-refractivity contribution < 1.29 is 75.8 Å². The normalized spacial score (nSPS) is 14.6. The van der Waals surface area contributed by atoms with E-state index < -0.39 is 91.5 Å². The van der Waals surface area contributed by atoms with Crippen LogP contribution in [-0.2, 0) is 55.8 Å². The van der Waals surface area contributed by atoms with Crippen LogP contribution in [0.25, 0.3) is 0 Å². The highest BCUT2D eigenvalue weighted by atomic mass is 31.2. The smallest absolute Gasteiger partial charge is 0.463 e. The van der Waals surface area contributed by atoms with Crippen LogP contribution in [-0.4, -0.2) is 95.9 Å². The molecule has 4 N–H and O–H groups in total. The van der Waals surface area contributed by atoms with Gasteiger partial charge in [-0.05, 0) is 141 Å². The molecule has 0 spiro atoms. The lowest BCUT2D eigenvalue weighted by molar-refractivity contribution is -0.161. The second kappa shape index (κ2) is 81.2. The molecule has 0 radical (unpaired) electrons. The van der Waals surface area contributed by atoms with E-state index in [1.54, 1.807) is 0 Å². The predicted octanol–water partition coefficient (Wildman–Crippen LogP) is 25.4. The SMILES string of the molecule is CC/C=C\C/C=C\C/C=C\CCCCCCCCCC(=O)OC(COC(=O)CCCCCCCCCCCCC/C=C\C/C=C\C/C=C\C/C=C\CCCCC)COP(=O)(O)OCC(O)COP(=O)(O)OCC(O)COC(=O)CCCCCCCCCCCCC/C=C\C/C=C\C/C=C\C/C=C\CCCCC. The van der Waals surface area contributed by atoms with Crippen molar-refractivity contribution in [1.29, 1.82) is 0 Å². The summed E-state index contributed by atoms with van der Waals surface area (Å²) in [5.74, 6) is -1.59. The summed E-state index contributed by atoms with van der Waals surface area (Å²) in [5, 5.41) is 20.7. The highest BCUT2D eigenvalue weighted by Gasteiger charge is 2.29. The van der Waals surface area contributed by atoms with Gasteiger partial charge in [0.05, 0.1) is 26.4 Å². The molecule has 5 unspecified atom stereocenters. The molecule has 0 aliphatic heterocycles. The highest BCUT2D eigenvalue weighted by Crippen LogP contribution is 2.45. The topological polar surface area (TPSA) is 231 Å². The second-order valence-corrected chi connectivity index (χ2v) is 31.2. The molecule has 5 atom stereocenters. The zero-order chi connectivity index (χ0) is 78.0. The van der Waals surface area contributed by atoms with Crippen LogP contribution in [0.4, 0.5) is 0 Å². The molecular weight excluding hydrogens is 1390 g/mol. The van der Waals surface area contributed by atoms with E-state index in [9.17, 15) is 43.5 Å². The summed E-state index contributed by atoms with van der Waals surface area (Å²) in [4.78, 5) is 58.8. The molecule has 616 valence electrons. The first-order valence-corrected chi connectivity index (χ1v) is 45.5. The number of allylic oxidation sites excluding steroid dienone is 22. The molecular formula is C89H154O16P2. The van der Waals surface area contributed by atoms with Gasteiger partial charge in [-0.25, -0.2) is 9.13 Å². The summed E-state index contributed by atoms with van der Waals surface area (Å²) in [6.07, 6.45) is 99.2. The van der Waals surface area contributed by atoms with Gasteiger partial charge in [0.25, 0.3) is 0 Å². The lowest BCUT2D eigenvalue weighted by Crippen LogP contribution is -2.30. The lowest BCUT2D eigenvalue weighted by atomic mass is 10.0. The van der Waals surface area contributed by atoms with Crippen molar-refractivity contribution in [3.63, 3.8) is 0 Å². The van der Waals surface area contributed by atoms with E-state index in [1.165, 1.54) is 135 Å². The summed E-state index contributed by atoms with van der Waals surface area (Å²) in [7, 11) is -9.80. The number of ether oxygens (including phenoxy) is 3. The van der Waals surface area contributed by atoms with Crippen molar-refractivity contribution in [3.05, 3.63) is 134 Å². The molecule has 0 aromatic heterocycles. The minimum absolute atomic E-state index is 0.0904. The maximum atomic E-state index is 13.0. The number of rotatable bonds is 80. The Morgan fingerprint density at radius 2 is 0.495 bits per heavy atom. The number of aliphatic hydroxyl groups is 2. The molecule has 0 rings (SSSR count). The number of esters is 3. The van der Waals surface area contributed by atoms with Crippen molar-refractivity contribution in [2.75, 3.05) is 39.6 Å². The van der Waals surface area contributed by atoms with E-state index >= 15 is 0 Å². The quantitative estimate of drug-likeness (QED) is 0.0146. The van der Waals surface area contributed by atoms with Crippen LogP contribution in [0.3, 0.4) is 0 Å². The monoisotopic (exact) mass is 1540 g/mol. The molecule has 0 saturated carbocycles. The zero-order valence-electron chi connectivity index (χ0n) is 67.5. The van der Waals surface area contributed by atoms with Gasteiger partial charge in [0.2, 0.25) is 0 Å². The maximum absolute atomic E-state index is 13.0. The predicted molar refractivity (Wildman–Crippen MR) is 445 cm³/mol. The Morgan fingerprint density at radius 3 is 0.785 bits per heavy atom. The summed E-state index contributed by atoms with van der Waals surface area (Å²) in [6.45, 7) is 2.53. The Morgan fingerprint density at radius 1 is 0.271 bits per heavy atom. The molecule has 0 aromatic rings. The summed E-state index contributed by atoms with van der Waals surface area (Å²) in [6, 6.07) is 0. The van der Waals surface area contributed by atoms with E-state index in [0.717, 1.165) is 161 Å². The summed E-state index contributed by atoms with van der Waals surface area (Å²) >= 11 is 0. The number of aliphatic hydroxyl groups excluding tert-OH is 2. The molecule has 107 heavy (non-hydrogen) atoms. The van der Waals surface area contributed by atoms with Crippen molar-refractivity contribution in [2.45, 2.75) is 373 Å². The van der Waals surface area contributed by atoms with Gasteiger partial charge in [0, 0.05) is 19.3 Å². The Bertz CT molecular complexity index is 2480. The van der Waals surface area contributed by atoms with E-state index in [-0.39, 0.29) is 19.3 Å². The Kier molecular flexibility index (Phi) is 77.9. The van der Waals surface area contributed by atoms with Gasteiger partial charge < -0.3 is 34.2 Å². The van der Waals surface area contributed by atoms with Gasteiger partial charge in [0.1, 0.15) is 25.4 Å². The first-order valence-electron chi connectivity index (χ1n) is 42.5. The molecule has 0 bridgehead atoms. The number of phosphoric ester groups is 2. The molecule has 0 heterocycles. The molecule has 18 heteroatoms. The number of carbonyl (C=O) groups excluding carboxylic acids is 3. The molecule has 0 aliphatic carbocycles. The molecule has 0 aliphatic rings. The molecule has 0 aromatic carbocycles. The fraction of sp³-hybridized carbons (Fsp3) is 0.719. The summed E-state index contributed by atoms with van der Waals surface area (Å²) in [5.41, 5.74) is 0. The van der Waals surface area contributed by atoms with Gasteiger partial charge in [0.15, 0.2) is 6.10 Å². The van der Waals surface area contributed by atoms with Crippen LogP contribution in [0.2, 0.25) is 0 Å². The van der Waals surface area contributed by atoms with Crippen molar-refractivity contribution in [1.82, 2.24) is 0 Å². The van der Waals surface area contributed by atoms with E-state index in [4.69, 9.17) is 32.3 Å². The third-order valence-corrected chi connectivity index (χ3v) is 19.7. The van der Waals surface area contributed by atoms with E-state index in [0.29, 0.717) is 19.3 Å². The second-order valence-electron chi connectivity index (χ2n) is 28.2. The van der Waals surface area contributed by atoms with Crippen LogP contribution in [0, 0.1) is 0 Å². The molecule has 0 saturated heterocycles. The highest BCUT2D eigenvalue weighted by molar-refractivity contribution is 7.47. The van der Waals surface area contributed by atoms with Crippen LogP contribution < -0.4 is 0 Å². The van der Waals surface area contributed by atoms with Crippen LogP contribution in [0.15, 0.2) is 134 Å². The average molecular weight is 1540 g/mol. The number of hydrogen-bond acceptors (Lipinski definition) is 14. The van der Waals surface area contributed by atoms with Crippen LogP contribution in [0.1, 0.15) is 355 Å². The Balaban J connectivity index is 4.59. The Hall–Kier alpha value is -4.31. The molecule has 16 nitrogen and oxygen atoms in total. The first-order chi connectivity index (χ1) is 52.2. The van der Waals surface area contributed by atoms with E-state index in [1.807, 2.05) is 0 Å². The third-order valence-electron chi connectivity index (χ3n) is 17.8. The minimum Gasteiger partial charge on any atom is -0.463 e. The zero-order valence-corrected chi connectivity index (χ0v) is 69.3. The molecule has 0 fully saturated rings. The van der Waals surface area contributed by atoms with Gasteiger partial charge in [-0.2, -0.15) is 0 Å². The van der Waals surface area contributed by atoms with Gasteiger partial charge in [-0.3, -0.25) is 32.5 Å². The van der Waals surface area contributed by atoms with Crippen molar-refractivity contribution >= 4 is 33.6 Å². The first kappa shape index (κ1) is 103. The van der Waals surface area contributed by atoms with Gasteiger partial charge in [-0.1, -0.05) is 328 Å². The number of unbranched alkanes of at least 4 members (excludes halogenated alkanes) is 35. The summed E-state index contributed by atoms with van der Waals surface area (Å²) < 4.78 is 61.3. The third kappa shape index (κ3) is 82.5. The minimum atomic E-state index is -4.94. The number of hydrogen-bond donors (Lipinski definition) is 4. The fourth-order valence-electron chi connectivity index (χ4n) is 11.4.